The summed E-state index contributed by atoms with van der Waals surface area (Å²) in [7, 11) is 0. The van der Waals surface area contributed by atoms with E-state index in [9.17, 15) is 4.79 Å². The molecule has 0 bridgehead atoms. The molecule has 0 aliphatic heterocycles. The minimum absolute atomic E-state index is 0.190. The van der Waals surface area contributed by atoms with Gasteiger partial charge in [-0.05, 0) is 12.1 Å². The summed E-state index contributed by atoms with van der Waals surface area (Å²) in [6.07, 6.45) is 0. The molecule has 2 nitrogen and oxygen atoms in total. The van der Waals surface area contributed by atoms with Crippen molar-refractivity contribution in [3.63, 3.8) is 0 Å². The fraction of sp³-hybridized carbons (Fsp3) is 0. The first-order chi connectivity index (χ1) is 8.09. The van der Waals surface area contributed by atoms with Gasteiger partial charge in [-0.25, -0.2) is 0 Å². The Hall–Kier alpha value is -1.51. The van der Waals surface area contributed by atoms with E-state index in [1.807, 2.05) is 6.07 Å². The van der Waals surface area contributed by atoms with Gasteiger partial charge >= 0.3 is 0 Å². The summed E-state index contributed by atoms with van der Waals surface area (Å²) in [6.45, 7) is 0. The van der Waals surface area contributed by atoms with Crippen LogP contribution < -0.4 is 5.73 Å². The van der Waals surface area contributed by atoms with Gasteiger partial charge in [-0.15, -0.1) is 0 Å². The van der Waals surface area contributed by atoms with Crippen LogP contribution in [-0.4, -0.2) is 5.78 Å². The molecule has 0 aromatic heterocycles. The van der Waals surface area contributed by atoms with E-state index in [-0.39, 0.29) is 15.8 Å². The molecule has 0 aliphatic carbocycles. The Bertz CT molecular complexity index is 567. The highest BCUT2D eigenvalue weighted by atomic mass is 35.5. The van der Waals surface area contributed by atoms with Gasteiger partial charge in [-0.3, -0.25) is 4.79 Å². The molecule has 2 rings (SSSR count). The number of nitrogens with two attached hydrogens (primary N) is 1. The van der Waals surface area contributed by atoms with Gasteiger partial charge in [0.05, 0.1) is 10.0 Å². The van der Waals surface area contributed by atoms with Crippen molar-refractivity contribution in [1.82, 2.24) is 0 Å². The Morgan fingerprint density at radius 2 is 1.71 bits per heavy atom. The number of rotatable bonds is 2. The van der Waals surface area contributed by atoms with Gasteiger partial charge < -0.3 is 5.73 Å². The van der Waals surface area contributed by atoms with Crippen molar-refractivity contribution >= 4 is 34.7 Å². The summed E-state index contributed by atoms with van der Waals surface area (Å²) >= 11 is 11.9. The smallest absolute Gasteiger partial charge is 0.194 e. The molecule has 86 valence electrons. The van der Waals surface area contributed by atoms with E-state index in [1.54, 1.807) is 24.3 Å². The van der Waals surface area contributed by atoms with Crippen molar-refractivity contribution in [3.05, 3.63) is 63.6 Å². The molecule has 0 unspecified atom stereocenters. The number of anilines is 1. The zero-order valence-corrected chi connectivity index (χ0v) is 10.3. The number of hydrogen-bond acceptors (Lipinski definition) is 2. The monoisotopic (exact) mass is 265 g/mol. The quantitative estimate of drug-likeness (QED) is 0.663. The maximum Gasteiger partial charge on any atom is 0.194 e. The number of hydrogen-bond donors (Lipinski definition) is 1. The lowest BCUT2D eigenvalue weighted by molar-refractivity contribution is 0.103. The molecule has 0 amide bonds. The average Bonchev–Trinajstić information content (AvgIpc) is 2.34. The topological polar surface area (TPSA) is 43.1 Å². The fourth-order valence-corrected chi connectivity index (χ4v) is 1.94. The number of carbonyl (C=O) groups excluding carboxylic acids is 1. The summed E-state index contributed by atoms with van der Waals surface area (Å²) in [5.41, 5.74) is 6.94. The van der Waals surface area contributed by atoms with E-state index in [0.717, 1.165) is 0 Å². The predicted octanol–water partition coefficient (Wildman–Crippen LogP) is 3.81. The number of benzene rings is 2. The summed E-state index contributed by atoms with van der Waals surface area (Å²) in [6, 6.07) is 11.9. The Balaban J connectivity index is 2.52. The van der Waals surface area contributed by atoms with Crippen molar-refractivity contribution in [2.75, 3.05) is 5.73 Å². The molecule has 0 heterocycles. The van der Waals surface area contributed by atoms with Gasteiger partial charge in [0.15, 0.2) is 5.78 Å². The lowest BCUT2D eigenvalue weighted by Gasteiger charge is -2.06. The second-order valence-electron chi connectivity index (χ2n) is 3.56. The Morgan fingerprint density at radius 3 is 2.35 bits per heavy atom. The van der Waals surface area contributed by atoms with Crippen LogP contribution in [0.2, 0.25) is 10.0 Å². The first-order valence-electron chi connectivity index (χ1n) is 4.94. The van der Waals surface area contributed by atoms with Crippen molar-refractivity contribution in [2.24, 2.45) is 0 Å². The van der Waals surface area contributed by atoms with Crippen LogP contribution >= 0.6 is 23.2 Å². The SMILES string of the molecule is Nc1cc(Cl)c(Cl)c(C(=O)c2ccccc2)c1. The minimum atomic E-state index is -0.190. The number of nitrogen functional groups attached to an aromatic ring is 1. The van der Waals surface area contributed by atoms with E-state index in [0.29, 0.717) is 16.8 Å². The third-order valence-corrected chi connectivity index (χ3v) is 3.13. The van der Waals surface area contributed by atoms with Gasteiger partial charge in [0.25, 0.3) is 0 Å². The zero-order valence-electron chi connectivity index (χ0n) is 8.78. The summed E-state index contributed by atoms with van der Waals surface area (Å²) < 4.78 is 0. The number of ketones is 1. The third-order valence-electron chi connectivity index (χ3n) is 2.33. The zero-order chi connectivity index (χ0) is 12.4. The first-order valence-corrected chi connectivity index (χ1v) is 5.69. The Kier molecular flexibility index (Phi) is 3.36. The largest absolute Gasteiger partial charge is 0.399 e. The molecule has 4 heteroatoms. The highest BCUT2D eigenvalue weighted by Crippen LogP contribution is 2.30. The van der Waals surface area contributed by atoms with Crippen molar-refractivity contribution in [2.45, 2.75) is 0 Å². The molecule has 0 spiro atoms. The van der Waals surface area contributed by atoms with E-state index in [1.165, 1.54) is 12.1 Å². The van der Waals surface area contributed by atoms with Crippen LogP contribution in [-0.2, 0) is 0 Å². The first kappa shape index (κ1) is 12.0. The van der Waals surface area contributed by atoms with Gasteiger partial charge in [-0.1, -0.05) is 53.5 Å². The molecule has 0 saturated heterocycles. The molecule has 0 fully saturated rings. The summed E-state index contributed by atoms with van der Waals surface area (Å²) in [4.78, 5) is 12.2. The summed E-state index contributed by atoms with van der Waals surface area (Å²) in [5.74, 6) is -0.190. The van der Waals surface area contributed by atoms with Gasteiger partial charge in [0.1, 0.15) is 0 Å². The maximum atomic E-state index is 12.2. The van der Waals surface area contributed by atoms with E-state index < -0.39 is 0 Å². The standard InChI is InChI=1S/C13H9Cl2NO/c14-11-7-9(16)6-10(12(11)15)13(17)8-4-2-1-3-5-8/h1-7H,16H2. The van der Waals surface area contributed by atoms with Crippen LogP contribution in [0, 0.1) is 0 Å². The molecular formula is C13H9Cl2NO. The average molecular weight is 266 g/mol. The summed E-state index contributed by atoms with van der Waals surface area (Å²) in [5, 5.41) is 0.515. The van der Waals surface area contributed by atoms with E-state index in [4.69, 9.17) is 28.9 Å². The molecule has 17 heavy (non-hydrogen) atoms. The van der Waals surface area contributed by atoms with Crippen LogP contribution in [0.15, 0.2) is 42.5 Å². The number of carbonyl (C=O) groups is 1. The van der Waals surface area contributed by atoms with Crippen LogP contribution in [0.4, 0.5) is 5.69 Å². The van der Waals surface area contributed by atoms with Gasteiger partial charge in [0.2, 0.25) is 0 Å². The second kappa shape index (κ2) is 4.78. The highest BCUT2D eigenvalue weighted by molar-refractivity contribution is 6.44. The molecule has 0 radical (unpaired) electrons. The maximum absolute atomic E-state index is 12.2. The van der Waals surface area contributed by atoms with E-state index in [2.05, 4.69) is 0 Å². The van der Waals surface area contributed by atoms with Crippen molar-refractivity contribution in [3.8, 4) is 0 Å². The fourth-order valence-electron chi connectivity index (χ4n) is 1.52. The molecule has 2 aromatic rings. The predicted molar refractivity (Wildman–Crippen MR) is 70.7 cm³/mol. The van der Waals surface area contributed by atoms with Crippen molar-refractivity contribution < 1.29 is 4.79 Å². The minimum Gasteiger partial charge on any atom is -0.399 e. The second-order valence-corrected chi connectivity index (χ2v) is 4.34. The van der Waals surface area contributed by atoms with Crippen molar-refractivity contribution in [1.29, 1.82) is 0 Å². The van der Waals surface area contributed by atoms with Gasteiger partial charge in [-0.2, -0.15) is 0 Å². The molecule has 2 aromatic carbocycles. The molecule has 2 N–H and O–H groups in total. The third kappa shape index (κ3) is 2.43. The normalized spacial score (nSPS) is 10.2. The lowest BCUT2D eigenvalue weighted by Crippen LogP contribution is -2.03. The Morgan fingerprint density at radius 1 is 1.06 bits per heavy atom. The molecule has 0 saturated carbocycles. The lowest BCUT2D eigenvalue weighted by atomic mass is 10.0. The molecule has 0 atom stereocenters. The van der Waals surface area contributed by atoms with Crippen LogP contribution in [0.5, 0.6) is 0 Å². The van der Waals surface area contributed by atoms with Crippen LogP contribution in [0.3, 0.4) is 0 Å². The van der Waals surface area contributed by atoms with Gasteiger partial charge in [0, 0.05) is 16.8 Å². The van der Waals surface area contributed by atoms with Crippen LogP contribution in [0.1, 0.15) is 15.9 Å². The van der Waals surface area contributed by atoms with Crippen LogP contribution in [0.25, 0.3) is 0 Å². The molecule has 0 aliphatic rings. The number of halogens is 2. The molecular weight excluding hydrogens is 257 g/mol. The van der Waals surface area contributed by atoms with E-state index >= 15 is 0 Å². The Labute approximate surface area is 109 Å². The highest BCUT2D eigenvalue weighted by Gasteiger charge is 2.15.